The molecule has 1 saturated heterocycles. The fourth-order valence-corrected chi connectivity index (χ4v) is 5.49. The predicted octanol–water partition coefficient (Wildman–Crippen LogP) is 6.08. The summed E-state index contributed by atoms with van der Waals surface area (Å²) in [4.78, 5) is 29.9. The van der Waals surface area contributed by atoms with Gasteiger partial charge in [0.2, 0.25) is 0 Å². The number of hydrogen-bond acceptors (Lipinski definition) is 4. The molecule has 1 fully saturated rings. The van der Waals surface area contributed by atoms with Crippen molar-refractivity contribution >= 4 is 35.0 Å². The number of rotatable bonds is 8. The molecule has 4 rings (SSSR count). The summed E-state index contributed by atoms with van der Waals surface area (Å²) in [7, 11) is 0. The van der Waals surface area contributed by atoms with E-state index in [2.05, 4.69) is 10.3 Å². The quantitative estimate of drug-likeness (QED) is 0.383. The monoisotopic (exact) mass is 510 g/mol. The van der Waals surface area contributed by atoms with E-state index in [9.17, 15) is 14.7 Å². The minimum Gasteiger partial charge on any atom is -0.481 e. The van der Waals surface area contributed by atoms with Crippen molar-refractivity contribution in [2.24, 2.45) is 5.92 Å². The average Bonchev–Trinajstić information content (AvgIpc) is 2.85. The molecule has 1 aliphatic heterocycles. The smallest absolute Gasteiger partial charge is 0.303 e. The maximum absolute atomic E-state index is 14.1. The number of carbonyl (C=O) groups is 2. The number of carbonyl (C=O) groups excluding carboxylic acids is 1. The highest BCUT2D eigenvalue weighted by molar-refractivity contribution is 6.30. The van der Waals surface area contributed by atoms with Crippen LogP contribution in [0.3, 0.4) is 0 Å². The zero-order valence-corrected chi connectivity index (χ0v) is 20.9. The molecular weight excluding hydrogens is 483 g/mol. The number of Topliss-reactive ketones (excluding diaryl/α,β-unsaturated/α-hetero) is 1. The summed E-state index contributed by atoms with van der Waals surface area (Å²) in [5, 5.41) is 14.2. The summed E-state index contributed by atoms with van der Waals surface area (Å²) in [5.74, 6) is -1.75. The number of pyridine rings is 1. The van der Waals surface area contributed by atoms with Gasteiger partial charge in [-0.3, -0.25) is 14.6 Å². The number of nitrogens with zero attached hydrogens (tertiary/aromatic N) is 1. The molecule has 5 atom stereocenters. The first-order valence-corrected chi connectivity index (χ1v) is 12.5. The number of piperidine rings is 1. The summed E-state index contributed by atoms with van der Waals surface area (Å²) in [6.07, 6.45) is 4.16. The van der Waals surface area contributed by atoms with Gasteiger partial charge in [-0.2, -0.15) is 0 Å². The molecule has 2 heterocycles. The Labute approximate surface area is 215 Å². The summed E-state index contributed by atoms with van der Waals surface area (Å²) in [6.45, 7) is 2.44. The Kier molecular flexibility index (Phi) is 8.22. The van der Waals surface area contributed by atoms with Crippen LogP contribution in [0.4, 0.5) is 0 Å². The summed E-state index contributed by atoms with van der Waals surface area (Å²) in [6, 6.07) is 18.5. The lowest BCUT2D eigenvalue weighted by Gasteiger charge is -2.41. The second-order valence-electron chi connectivity index (χ2n) is 9.23. The van der Waals surface area contributed by atoms with Gasteiger partial charge in [0.1, 0.15) is 5.78 Å². The van der Waals surface area contributed by atoms with E-state index < -0.39 is 11.9 Å². The third kappa shape index (κ3) is 6.10. The Morgan fingerprint density at radius 1 is 1.06 bits per heavy atom. The van der Waals surface area contributed by atoms with Gasteiger partial charge in [0.05, 0.1) is 5.92 Å². The van der Waals surface area contributed by atoms with Crippen LogP contribution in [0.1, 0.15) is 54.2 Å². The number of nitrogens with one attached hydrogen (secondary N) is 1. The van der Waals surface area contributed by atoms with Gasteiger partial charge < -0.3 is 10.4 Å². The molecule has 1 aromatic heterocycles. The highest BCUT2D eigenvalue weighted by atomic mass is 35.5. The van der Waals surface area contributed by atoms with Crippen LogP contribution in [0.25, 0.3) is 0 Å². The van der Waals surface area contributed by atoms with Gasteiger partial charge in [0.25, 0.3) is 0 Å². The lowest BCUT2D eigenvalue weighted by molar-refractivity contribution is -0.138. The number of benzene rings is 2. The third-order valence-corrected chi connectivity index (χ3v) is 7.40. The van der Waals surface area contributed by atoms with Crippen LogP contribution >= 0.6 is 23.2 Å². The maximum Gasteiger partial charge on any atom is 0.303 e. The number of aliphatic carboxylic acids is 1. The zero-order chi connectivity index (χ0) is 24.9. The minimum absolute atomic E-state index is 0.0499. The van der Waals surface area contributed by atoms with Gasteiger partial charge in [0, 0.05) is 46.7 Å². The van der Waals surface area contributed by atoms with E-state index in [1.807, 2.05) is 55.5 Å². The molecule has 0 radical (unpaired) electrons. The molecule has 3 aromatic rings. The van der Waals surface area contributed by atoms with Gasteiger partial charge in [-0.15, -0.1) is 0 Å². The lowest BCUT2D eigenvalue weighted by Crippen LogP contribution is -2.50. The lowest BCUT2D eigenvalue weighted by atomic mass is 9.70. The van der Waals surface area contributed by atoms with Crippen molar-refractivity contribution in [3.8, 4) is 0 Å². The van der Waals surface area contributed by atoms with Crippen LogP contribution in [0, 0.1) is 5.92 Å². The molecule has 1 unspecified atom stereocenters. The number of aromatic nitrogens is 1. The van der Waals surface area contributed by atoms with E-state index in [1.54, 1.807) is 24.5 Å². The van der Waals surface area contributed by atoms with Gasteiger partial charge >= 0.3 is 5.97 Å². The number of hydrogen-bond donors (Lipinski definition) is 2. The Morgan fingerprint density at radius 2 is 1.83 bits per heavy atom. The molecule has 5 nitrogen and oxygen atoms in total. The van der Waals surface area contributed by atoms with E-state index in [0.29, 0.717) is 23.0 Å². The SMILES string of the molecule is C[C@@H](C(=O)C(c1cccnc1)[C@H]1NC[C@@H](CC(=O)O)C[C@@H]1c1cccc(Cl)c1)c1ccc(Cl)cc1. The Hall–Kier alpha value is -2.73. The standard InChI is InChI=1S/C28H28Cl2N2O3/c1-17(19-7-9-22(29)10-8-19)28(35)26(21-5-3-11-31-16-21)27-24(20-4-2-6-23(30)14-20)12-18(15-32-27)13-25(33)34/h2-11,14,16-18,24,26-27,32H,12-13,15H2,1H3,(H,33,34)/t17-,18-,24-,26?,27+/m1/s1. The van der Waals surface area contributed by atoms with Crippen LogP contribution in [0.15, 0.2) is 73.1 Å². The summed E-state index contributed by atoms with van der Waals surface area (Å²) in [5.41, 5.74) is 2.72. The summed E-state index contributed by atoms with van der Waals surface area (Å²) >= 11 is 12.4. The maximum atomic E-state index is 14.1. The second-order valence-corrected chi connectivity index (χ2v) is 10.1. The normalized spacial score (nSPS) is 21.7. The molecule has 2 aromatic carbocycles. The molecule has 0 aliphatic carbocycles. The first kappa shape index (κ1) is 25.4. The zero-order valence-electron chi connectivity index (χ0n) is 19.4. The Balaban J connectivity index is 1.74. The molecule has 0 amide bonds. The average molecular weight is 511 g/mol. The molecule has 1 aliphatic rings. The molecule has 7 heteroatoms. The van der Waals surface area contributed by atoms with Crippen molar-refractivity contribution in [2.45, 2.75) is 43.6 Å². The van der Waals surface area contributed by atoms with Crippen LogP contribution < -0.4 is 5.32 Å². The van der Waals surface area contributed by atoms with Crippen LogP contribution in [0.2, 0.25) is 10.0 Å². The van der Waals surface area contributed by atoms with E-state index in [0.717, 1.165) is 16.7 Å². The van der Waals surface area contributed by atoms with E-state index in [4.69, 9.17) is 23.2 Å². The van der Waals surface area contributed by atoms with Crippen molar-refractivity contribution in [3.63, 3.8) is 0 Å². The van der Waals surface area contributed by atoms with Crippen molar-refractivity contribution in [1.29, 1.82) is 0 Å². The molecule has 0 spiro atoms. The Bertz CT molecular complexity index is 1170. The fourth-order valence-electron chi connectivity index (χ4n) is 5.16. The molecule has 182 valence electrons. The van der Waals surface area contributed by atoms with E-state index in [-0.39, 0.29) is 36.0 Å². The molecular formula is C28H28Cl2N2O3. The van der Waals surface area contributed by atoms with Crippen LogP contribution in [-0.2, 0) is 9.59 Å². The van der Waals surface area contributed by atoms with E-state index >= 15 is 0 Å². The second kappa shape index (κ2) is 11.3. The Morgan fingerprint density at radius 3 is 2.49 bits per heavy atom. The predicted molar refractivity (Wildman–Crippen MR) is 138 cm³/mol. The highest BCUT2D eigenvalue weighted by Gasteiger charge is 2.42. The largest absolute Gasteiger partial charge is 0.481 e. The fraction of sp³-hybridized carbons (Fsp3) is 0.321. The van der Waals surface area contributed by atoms with Crippen LogP contribution in [0.5, 0.6) is 0 Å². The van der Waals surface area contributed by atoms with Gasteiger partial charge in [-0.1, -0.05) is 60.5 Å². The van der Waals surface area contributed by atoms with Gasteiger partial charge in [0.15, 0.2) is 0 Å². The molecule has 2 N–H and O–H groups in total. The van der Waals surface area contributed by atoms with Gasteiger partial charge in [-0.25, -0.2) is 0 Å². The topological polar surface area (TPSA) is 79.3 Å². The number of carboxylic acid groups (broad SMARTS) is 1. The van der Waals surface area contributed by atoms with E-state index in [1.165, 1.54) is 0 Å². The molecule has 0 saturated carbocycles. The first-order valence-electron chi connectivity index (χ1n) is 11.7. The minimum atomic E-state index is -0.823. The summed E-state index contributed by atoms with van der Waals surface area (Å²) < 4.78 is 0. The van der Waals surface area contributed by atoms with Crippen molar-refractivity contribution in [2.75, 3.05) is 6.54 Å². The number of ketones is 1. The van der Waals surface area contributed by atoms with Crippen molar-refractivity contribution in [3.05, 3.63) is 99.8 Å². The highest BCUT2D eigenvalue weighted by Crippen LogP contribution is 2.41. The van der Waals surface area contributed by atoms with Crippen molar-refractivity contribution in [1.82, 2.24) is 10.3 Å². The molecule has 0 bridgehead atoms. The molecule has 35 heavy (non-hydrogen) atoms. The first-order chi connectivity index (χ1) is 16.8. The third-order valence-electron chi connectivity index (χ3n) is 6.91. The van der Waals surface area contributed by atoms with Crippen molar-refractivity contribution < 1.29 is 14.7 Å². The van der Waals surface area contributed by atoms with Gasteiger partial charge in [-0.05, 0) is 65.9 Å². The number of carboxylic acids is 1. The van der Waals surface area contributed by atoms with Crippen LogP contribution in [-0.4, -0.2) is 34.4 Å². The number of halogens is 2.